The fourth-order valence-electron chi connectivity index (χ4n) is 3.56. The van der Waals surface area contributed by atoms with Gasteiger partial charge in [-0.25, -0.2) is 0 Å². The van der Waals surface area contributed by atoms with E-state index >= 15 is 0 Å². The molecular formula is C14H26N2O. The molecule has 3 nitrogen and oxygen atoms in total. The van der Waals surface area contributed by atoms with E-state index in [0.29, 0.717) is 11.4 Å². The van der Waals surface area contributed by atoms with E-state index in [-0.39, 0.29) is 5.92 Å². The van der Waals surface area contributed by atoms with Crippen molar-refractivity contribution in [2.24, 2.45) is 5.92 Å². The van der Waals surface area contributed by atoms with E-state index in [1.807, 2.05) is 13.8 Å². The monoisotopic (exact) mass is 238 g/mol. The predicted molar refractivity (Wildman–Crippen MR) is 69.9 cm³/mol. The highest BCUT2D eigenvalue weighted by molar-refractivity contribution is 5.78. The standard InChI is InChI=1S/C14H26N2O/c1-4-16-9-5-6-14(16)7-10-15(11-8-14)13(17)12(2)3/h12H,4-11H2,1-3H3. The first-order chi connectivity index (χ1) is 8.09. The molecule has 2 fully saturated rings. The van der Waals surface area contributed by atoms with E-state index in [4.69, 9.17) is 0 Å². The van der Waals surface area contributed by atoms with Crippen LogP contribution in [0.2, 0.25) is 0 Å². The Morgan fingerprint density at radius 2 is 1.82 bits per heavy atom. The Balaban J connectivity index is 1.95. The number of amides is 1. The zero-order valence-electron chi connectivity index (χ0n) is 11.5. The number of nitrogens with zero attached hydrogens (tertiary/aromatic N) is 2. The molecule has 0 bridgehead atoms. The summed E-state index contributed by atoms with van der Waals surface area (Å²) in [6.45, 7) is 10.6. The Morgan fingerprint density at radius 1 is 1.18 bits per heavy atom. The van der Waals surface area contributed by atoms with Gasteiger partial charge in [-0.15, -0.1) is 0 Å². The van der Waals surface area contributed by atoms with Crippen molar-refractivity contribution in [3.8, 4) is 0 Å². The second-order valence-electron chi connectivity index (χ2n) is 5.89. The number of carbonyl (C=O) groups is 1. The third kappa shape index (κ3) is 2.35. The van der Waals surface area contributed by atoms with Gasteiger partial charge in [0.15, 0.2) is 0 Å². The number of carbonyl (C=O) groups excluding carboxylic acids is 1. The second-order valence-corrected chi connectivity index (χ2v) is 5.89. The van der Waals surface area contributed by atoms with E-state index in [2.05, 4.69) is 16.7 Å². The van der Waals surface area contributed by atoms with Crippen LogP contribution in [0.25, 0.3) is 0 Å². The third-order valence-electron chi connectivity index (χ3n) is 4.62. The average molecular weight is 238 g/mol. The highest BCUT2D eigenvalue weighted by Gasteiger charge is 2.42. The van der Waals surface area contributed by atoms with Crippen LogP contribution in [0.15, 0.2) is 0 Å². The normalized spacial score (nSPS) is 24.8. The van der Waals surface area contributed by atoms with E-state index < -0.39 is 0 Å². The maximum atomic E-state index is 12.0. The molecule has 0 unspecified atom stereocenters. The van der Waals surface area contributed by atoms with Crippen LogP contribution in [-0.2, 0) is 4.79 Å². The number of piperidine rings is 1. The van der Waals surface area contributed by atoms with Crippen molar-refractivity contribution in [2.45, 2.75) is 52.0 Å². The molecule has 2 aliphatic rings. The lowest BCUT2D eigenvalue weighted by Gasteiger charge is -2.45. The minimum atomic E-state index is 0.148. The summed E-state index contributed by atoms with van der Waals surface area (Å²) in [5, 5.41) is 0. The Hall–Kier alpha value is -0.570. The van der Waals surface area contributed by atoms with Gasteiger partial charge in [0.2, 0.25) is 5.91 Å². The van der Waals surface area contributed by atoms with Crippen LogP contribution in [-0.4, -0.2) is 47.4 Å². The molecule has 0 aromatic rings. The van der Waals surface area contributed by atoms with Crippen molar-refractivity contribution in [3.05, 3.63) is 0 Å². The summed E-state index contributed by atoms with van der Waals surface area (Å²) < 4.78 is 0. The molecule has 0 radical (unpaired) electrons. The number of rotatable bonds is 2. The summed E-state index contributed by atoms with van der Waals surface area (Å²) in [4.78, 5) is 16.7. The van der Waals surface area contributed by atoms with E-state index in [0.717, 1.165) is 19.6 Å². The van der Waals surface area contributed by atoms with Gasteiger partial charge in [-0.3, -0.25) is 9.69 Å². The third-order valence-corrected chi connectivity index (χ3v) is 4.62. The maximum Gasteiger partial charge on any atom is 0.225 e. The smallest absolute Gasteiger partial charge is 0.225 e. The molecule has 3 heteroatoms. The molecule has 2 heterocycles. The lowest BCUT2D eigenvalue weighted by molar-refractivity contribution is -0.136. The van der Waals surface area contributed by atoms with Crippen molar-refractivity contribution in [1.82, 2.24) is 9.80 Å². The molecule has 0 aromatic carbocycles. The number of hydrogen-bond donors (Lipinski definition) is 0. The zero-order valence-corrected chi connectivity index (χ0v) is 11.5. The summed E-state index contributed by atoms with van der Waals surface area (Å²) in [7, 11) is 0. The molecule has 98 valence electrons. The van der Waals surface area contributed by atoms with Gasteiger partial charge < -0.3 is 4.90 Å². The van der Waals surface area contributed by atoms with Crippen LogP contribution >= 0.6 is 0 Å². The van der Waals surface area contributed by atoms with E-state index in [1.54, 1.807) is 0 Å². The Kier molecular flexibility index (Phi) is 3.76. The fraction of sp³-hybridized carbons (Fsp3) is 0.929. The summed E-state index contributed by atoms with van der Waals surface area (Å²) in [6.07, 6.45) is 5.04. The van der Waals surface area contributed by atoms with Gasteiger partial charge >= 0.3 is 0 Å². The summed E-state index contributed by atoms with van der Waals surface area (Å²) in [5.41, 5.74) is 0.433. The second kappa shape index (κ2) is 4.97. The van der Waals surface area contributed by atoms with Gasteiger partial charge in [-0.05, 0) is 38.8 Å². The number of likely N-dealkylation sites (tertiary alicyclic amines) is 2. The molecule has 2 aliphatic heterocycles. The average Bonchev–Trinajstić information content (AvgIpc) is 2.72. The molecule has 0 saturated carbocycles. The van der Waals surface area contributed by atoms with Crippen molar-refractivity contribution < 1.29 is 4.79 Å². The lowest BCUT2D eigenvalue weighted by atomic mass is 9.84. The minimum Gasteiger partial charge on any atom is -0.342 e. The van der Waals surface area contributed by atoms with Crippen molar-refractivity contribution >= 4 is 5.91 Å². The van der Waals surface area contributed by atoms with Crippen molar-refractivity contribution in [2.75, 3.05) is 26.2 Å². The predicted octanol–water partition coefficient (Wildman–Crippen LogP) is 2.12. The molecular weight excluding hydrogens is 212 g/mol. The van der Waals surface area contributed by atoms with E-state index in [1.165, 1.54) is 32.2 Å². The molecule has 0 atom stereocenters. The molecule has 2 saturated heterocycles. The van der Waals surface area contributed by atoms with Gasteiger partial charge in [0.1, 0.15) is 0 Å². The summed E-state index contributed by atoms with van der Waals surface area (Å²) in [5.74, 6) is 0.482. The van der Waals surface area contributed by atoms with Crippen LogP contribution in [0.1, 0.15) is 46.5 Å². The van der Waals surface area contributed by atoms with Gasteiger partial charge in [-0.1, -0.05) is 20.8 Å². The van der Waals surface area contributed by atoms with Crippen molar-refractivity contribution in [1.29, 1.82) is 0 Å². The van der Waals surface area contributed by atoms with Crippen LogP contribution < -0.4 is 0 Å². The zero-order chi connectivity index (χ0) is 12.5. The Labute approximate surface area is 105 Å². The lowest BCUT2D eigenvalue weighted by Crippen LogP contribution is -2.53. The molecule has 0 aliphatic carbocycles. The molecule has 1 spiro atoms. The van der Waals surface area contributed by atoms with E-state index in [9.17, 15) is 4.79 Å². The van der Waals surface area contributed by atoms with Crippen LogP contribution in [0, 0.1) is 5.92 Å². The largest absolute Gasteiger partial charge is 0.342 e. The SMILES string of the molecule is CCN1CCCC12CCN(C(=O)C(C)C)CC2. The molecule has 1 amide bonds. The van der Waals surface area contributed by atoms with Gasteiger partial charge in [0.05, 0.1) is 0 Å². The Bertz CT molecular complexity index is 280. The first-order valence-electron chi connectivity index (χ1n) is 7.13. The molecule has 0 N–H and O–H groups in total. The molecule has 0 aromatic heterocycles. The maximum absolute atomic E-state index is 12.0. The minimum absolute atomic E-state index is 0.148. The van der Waals surface area contributed by atoms with Crippen LogP contribution in [0.3, 0.4) is 0 Å². The quantitative estimate of drug-likeness (QED) is 0.735. The molecule has 17 heavy (non-hydrogen) atoms. The topological polar surface area (TPSA) is 23.6 Å². The van der Waals surface area contributed by atoms with Crippen LogP contribution in [0.4, 0.5) is 0 Å². The Morgan fingerprint density at radius 3 is 2.35 bits per heavy atom. The van der Waals surface area contributed by atoms with Gasteiger partial charge in [-0.2, -0.15) is 0 Å². The highest BCUT2D eigenvalue weighted by Crippen LogP contribution is 2.38. The summed E-state index contributed by atoms with van der Waals surface area (Å²) >= 11 is 0. The highest BCUT2D eigenvalue weighted by atomic mass is 16.2. The van der Waals surface area contributed by atoms with Gasteiger partial charge in [0.25, 0.3) is 0 Å². The number of hydrogen-bond acceptors (Lipinski definition) is 2. The van der Waals surface area contributed by atoms with Crippen molar-refractivity contribution in [3.63, 3.8) is 0 Å². The van der Waals surface area contributed by atoms with Gasteiger partial charge in [0, 0.05) is 24.5 Å². The first kappa shape index (κ1) is 12.9. The fourth-order valence-corrected chi connectivity index (χ4v) is 3.56. The first-order valence-corrected chi connectivity index (χ1v) is 7.13. The van der Waals surface area contributed by atoms with Crippen LogP contribution in [0.5, 0.6) is 0 Å². The summed E-state index contributed by atoms with van der Waals surface area (Å²) in [6, 6.07) is 0. The molecule has 2 rings (SSSR count).